The minimum atomic E-state index is -3.21. The predicted molar refractivity (Wildman–Crippen MR) is 50.0 cm³/mol. The number of hydrogen-bond donors (Lipinski definition) is 0. The maximum absolute atomic E-state index is 11.2. The van der Waals surface area contributed by atoms with E-state index in [0.717, 1.165) is 5.39 Å². The Morgan fingerprint density at radius 1 is 1.38 bits per heavy atom. The van der Waals surface area contributed by atoms with E-state index in [9.17, 15) is 8.42 Å². The second-order valence-corrected chi connectivity index (χ2v) is 4.67. The molecule has 0 aromatic carbocycles. The van der Waals surface area contributed by atoms with E-state index in [2.05, 4.69) is 4.98 Å². The lowest BCUT2D eigenvalue weighted by Gasteiger charge is -1.99. The molecule has 0 saturated carbocycles. The van der Waals surface area contributed by atoms with Gasteiger partial charge in [-0.25, -0.2) is 12.4 Å². The number of hydrogen-bond acceptors (Lipinski definition) is 3. The largest absolute Gasteiger partial charge is 0.262 e. The molecule has 0 aliphatic carbocycles. The minimum Gasteiger partial charge on any atom is -0.262 e. The normalized spacial score (nSPS) is 12.1. The van der Waals surface area contributed by atoms with Crippen LogP contribution in [0.3, 0.4) is 0 Å². The Morgan fingerprint density at radius 3 is 2.85 bits per heavy atom. The molecule has 0 atom stereocenters. The van der Waals surface area contributed by atoms with Gasteiger partial charge in [-0.3, -0.25) is 4.98 Å². The van der Waals surface area contributed by atoms with Crippen molar-refractivity contribution in [3.8, 4) is 0 Å². The van der Waals surface area contributed by atoms with Gasteiger partial charge in [0.15, 0.2) is 0 Å². The predicted octanol–water partition coefficient (Wildman–Crippen LogP) is 0.844. The summed E-state index contributed by atoms with van der Waals surface area (Å²) in [5.74, 6) is 0. The van der Waals surface area contributed by atoms with Gasteiger partial charge in [0, 0.05) is 17.8 Å². The fourth-order valence-corrected chi connectivity index (χ4v) is 2.03. The van der Waals surface area contributed by atoms with Crippen LogP contribution >= 0.6 is 0 Å². The van der Waals surface area contributed by atoms with E-state index in [4.69, 9.17) is 0 Å². The molecule has 2 aromatic rings. The summed E-state index contributed by atoms with van der Waals surface area (Å²) in [4.78, 5) is 3.87. The lowest BCUT2D eigenvalue weighted by Crippen LogP contribution is -2.07. The maximum Gasteiger partial charge on any atom is 0.236 e. The Hall–Kier alpha value is -1.36. The van der Waals surface area contributed by atoms with Crippen LogP contribution in [0.5, 0.6) is 0 Å². The molecule has 0 amide bonds. The van der Waals surface area contributed by atoms with Crippen LogP contribution in [0.25, 0.3) is 10.9 Å². The van der Waals surface area contributed by atoms with E-state index in [-0.39, 0.29) is 0 Å². The van der Waals surface area contributed by atoms with Crippen molar-refractivity contribution in [2.24, 2.45) is 0 Å². The van der Waals surface area contributed by atoms with Gasteiger partial charge in [0.1, 0.15) is 0 Å². The Kier molecular flexibility index (Phi) is 1.63. The summed E-state index contributed by atoms with van der Waals surface area (Å²) < 4.78 is 23.7. The molecule has 0 spiro atoms. The van der Waals surface area contributed by atoms with E-state index in [1.807, 2.05) is 0 Å². The van der Waals surface area contributed by atoms with Crippen molar-refractivity contribution in [2.75, 3.05) is 6.26 Å². The molecule has 13 heavy (non-hydrogen) atoms. The summed E-state index contributed by atoms with van der Waals surface area (Å²) in [5.41, 5.74) is 0.616. The molecular formula is C8H8N2O2S. The van der Waals surface area contributed by atoms with Crippen molar-refractivity contribution in [3.05, 3.63) is 30.7 Å². The molecule has 0 bridgehead atoms. The molecular weight excluding hydrogens is 188 g/mol. The van der Waals surface area contributed by atoms with E-state index < -0.39 is 10.0 Å². The third-order valence-corrected chi connectivity index (χ3v) is 2.85. The lowest BCUT2D eigenvalue weighted by atomic mass is 10.3. The summed E-state index contributed by atoms with van der Waals surface area (Å²) in [6.45, 7) is 0. The smallest absolute Gasteiger partial charge is 0.236 e. The lowest BCUT2D eigenvalue weighted by molar-refractivity contribution is 0.595. The molecule has 0 unspecified atom stereocenters. The molecule has 2 heterocycles. The summed E-state index contributed by atoms with van der Waals surface area (Å²) in [7, 11) is -3.21. The fourth-order valence-electron chi connectivity index (χ4n) is 1.24. The van der Waals surface area contributed by atoms with Gasteiger partial charge in [-0.2, -0.15) is 0 Å². The van der Waals surface area contributed by atoms with E-state index >= 15 is 0 Å². The zero-order valence-electron chi connectivity index (χ0n) is 7.01. The molecule has 0 saturated heterocycles. The number of nitrogens with zero attached hydrogens (tertiary/aromatic N) is 2. The molecule has 2 aromatic heterocycles. The van der Waals surface area contributed by atoms with Crippen LogP contribution in [0.15, 0.2) is 30.7 Å². The first-order valence-corrected chi connectivity index (χ1v) is 5.55. The quantitative estimate of drug-likeness (QED) is 0.679. The van der Waals surface area contributed by atoms with Crippen LogP contribution in [0, 0.1) is 0 Å². The summed E-state index contributed by atoms with van der Waals surface area (Å²) in [6.07, 6.45) is 5.87. The van der Waals surface area contributed by atoms with Crippen LogP contribution < -0.4 is 0 Å². The van der Waals surface area contributed by atoms with Crippen molar-refractivity contribution < 1.29 is 8.42 Å². The Bertz CT molecular complexity index is 542. The molecule has 68 valence electrons. The van der Waals surface area contributed by atoms with Gasteiger partial charge in [-0.15, -0.1) is 0 Å². The Balaban J connectivity index is 2.87. The first-order valence-electron chi connectivity index (χ1n) is 3.71. The molecule has 0 aliphatic rings. The van der Waals surface area contributed by atoms with Gasteiger partial charge in [0.2, 0.25) is 10.0 Å². The highest BCUT2D eigenvalue weighted by molar-refractivity contribution is 7.89. The summed E-state index contributed by atoms with van der Waals surface area (Å²) in [5, 5.41) is 0.875. The fraction of sp³-hybridized carbons (Fsp3) is 0.125. The Morgan fingerprint density at radius 2 is 2.15 bits per heavy atom. The third-order valence-electron chi connectivity index (χ3n) is 1.82. The first-order chi connectivity index (χ1) is 6.09. The molecule has 0 N–H and O–H groups in total. The van der Waals surface area contributed by atoms with Crippen LogP contribution in [0.4, 0.5) is 0 Å². The SMILES string of the molecule is CS(=O)(=O)n1ccc2ccncc21. The van der Waals surface area contributed by atoms with Crippen molar-refractivity contribution in [2.45, 2.75) is 0 Å². The van der Waals surface area contributed by atoms with Crippen molar-refractivity contribution in [1.29, 1.82) is 0 Å². The second-order valence-electron chi connectivity index (χ2n) is 2.81. The van der Waals surface area contributed by atoms with Crippen molar-refractivity contribution in [1.82, 2.24) is 8.96 Å². The average Bonchev–Trinajstić information content (AvgIpc) is 2.45. The van der Waals surface area contributed by atoms with Gasteiger partial charge >= 0.3 is 0 Å². The molecule has 0 fully saturated rings. The molecule has 2 rings (SSSR count). The number of aromatic nitrogens is 2. The topological polar surface area (TPSA) is 52.0 Å². The highest BCUT2D eigenvalue weighted by Crippen LogP contribution is 2.14. The zero-order valence-corrected chi connectivity index (χ0v) is 7.82. The average molecular weight is 196 g/mol. The van der Waals surface area contributed by atoms with Crippen LogP contribution in [-0.4, -0.2) is 23.6 Å². The first kappa shape index (κ1) is 8.25. The minimum absolute atomic E-state index is 0.616. The van der Waals surface area contributed by atoms with E-state index in [1.54, 1.807) is 18.3 Å². The number of rotatable bonds is 1. The second kappa shape index (κ2) is 2.56. The van der Waals surface area contributed by atoms with Crippen LogP contribution in [0.1, 0.15) is 0 Å². The number of pyridine rings is 1. The highest BCUT2D eigenvalue weighted by atomic mass is 32.2. The molecule has 4 nitrogen and oxygen atoms in total. The summed E-state index contributed by atoms with van der Waals surface area (Å²) >= 11 is 0. The van der Waals surface area contributed by atoms with Crippen LogP contribution in [0.2, 0.25) is 0 Å². The van der Waals surface area contributed by atoms with Gasteiger partial charge < -0.3 is 0 Å². The molecule has 0 aliphatic heterocycles. The third kappa shape index (κ3) is 1.31. The Labute approximate surface area is 75.9 Å². The van der Waals surface area contributed by atoms with Gasteiger partial charge in [-0.05, 0) is 12.1 Å². The van der Waals surface area contributed by atoms with E-state index in [0.29, 0.717) is 5.52 Å². The number of fused-ring (bicyclic) bond motifs is 1. The van der Waals surface area contributed by atoms with Gasteiger partial charge in [-0.1, -0.05) is 0 Å². The van der Waals surface area contributed by atoms with Gasteiger partial charge in [0.05, 0.1) is 18.0 Å². The van der Waals surface area contributed by atoms with Crippen molar-refractivity contribution in [3.63, 3.8) is 0 Å². The molecule has 5 heteroatoms. The van der Waals surface area contributed by atoms with E-state index in [1.165, 1.54) is 22.6 Å². The standard InChI is InChI=1S/C8H8N2O2S/c1-13(11,12)10-5-3-7-2-4-9-6-8(7)10/h2-6H,1H3. The monoisotopic (exact) mass is 196 g/mol. The maximum atomic E-state index is 11.2. The van der Waals surface area contributed by atoms with Gasteiger partial charge in [0.25, 0.3) is 0 Å². The summed E-state index contributed by atoms with van der Waals surface area (Å²) in [6, 6.07) is 3.52. The van der Waals surface area contributed by atoms with Crippen LogP contribution in [-0.2, 0) is 10.0 Å². The highest BCUT2D eigenvalue weighted by Gasteiger charge is 2.08. The van der Waals surface area contributed by atoms with Crippen molar-refractivity contribution >= 4 is 20.9 Å². The zero-order chi connectivity index (χ0) is 9.47. The molecule has 0 radical (unpaired) electrons.